The predicted molar refractivity (Wildman–Crippen MR) is 211 cm³/mol. The van der Waals surface area contributed by atoms with E-state index in [1.54, 1.807) is 36.4 Å². The number of fused-ring (bicyclic) bond motifs is 2. The van der Waals surface area contributed by atoms with Gasteiger partial charge in [0, 0.05) is 64.0 Å². The van der Waals surface area contributed by atoms with E-state index in [0.717, 1.165) is 51.5 Å². The van der Waals surface area contributed by atoms with E-state index in [9.17, 15) is 45.7 Å². The van der Waals surface area contributed by atoms with Crippen molar-refractivity contribution < 1.29 is 51.7 Å². The SMILES string of the molecule is CC1(C)C(=CC=C2CCCC(C=CC3=[N+](CCCCS(=O)(=O)[O-])c4ccc(C(=O)O)cc4C3(C)C)=C2Cl)N(CCCCS(=O)(=O)[O-])c2ccc(C(=O)O)cc21.[H+]. The molecule has 0 fully saturated rings. The fourth-order valence-corrected chi connectivity index (χ4v) is 9.19. The lowest BCUT2D eigenvalue weighted by Gasteiger charge is -2.27. The minimum Gasteiger partial charge on any atom is -0.748 e. The molecule has 2 N–H and O–H groups in total. The van der Waals surface area contributed by atoms with Crippen molar-refractivity contribution in [3.63, 3.8) is 0 Å². The van der Waals surface area contributed by atoms with Crippen LogP contribution in [0.25, 0.3) is 0 Å². The first kappa shape index (κ1) is 42.1. The highest BCUT2D eigenvalue weighted by molar-refractivity contribution is 7.85. The van der Waals surface area contributed by atoms with Crippen LogP contribution in [0, 0.1) is 0 Å². The summed E-state index contributed by atoms with van der Waals surface area (Å²) in [6.07, 6.45) is 11.3. The Bertz CT molecular complexity index is 2290. The van der Waals surface area contributed by atoms with Crippen molar-refractivity contribution in [3.8, 4) is 0 Å². The van der Waals surface area contributed by atoms with Crippen molar-refractivity contribution in [2.45, 2.75) is 83.5 Å². The average molecular weight is 815 g/mol. The molecule has 2 heterocycles. The highest BCUT2D eigenvalue weighted by Gasteiger charge is 2.45. The number of unbranched alkanes of at least 4 members (excludes halogenated alkanes) is 2. The van der Waals surface area contributed by atoms with E-state index < -0.39 is 54.5 Å². The van der Waals surface area contributed by atoms with Crippen molar-refractivity contribution in [2.75, 3.05) is 29.5 Å². The molecule has 2 aromatic carbocycles. The Kier molecular flexibility index (Phi) is 12.4. The van der Waals surface area contributed by atoms with E-state index in [2.05, 4.69) is 0 Å². The number of aromatic carboxylic acids is 2. The zero-order valence-electron chi connectivity index (χ0n) is 32.3. The number of anilines is 1. The summed E-state index contributed by atoms with van der Waals surface area (Å²) in [5.74, 6) is -3.03. The second-order valence-electron chi connectivity index (χ2n) is 15.2. The van der Waals surface area contributed by atoms with Gasteiger partial charge in [0.1, 0.15) is 6.54 Å². The Hall–Kier alpha value is -4.08. The van der Waals surface area contributed by atoms with Crippen LogP contribution in [0.3, 0.4) is 0 Å². The van der Waals surface area contributed by atoms with Crippen LogP contribution in [0.5, 0.6) is 0 Å². The van der Waals surface area contributed by atoms with E-state index in [1.807, 2.05) is 61.5 Å². The summed E-state index contributed by atoms with van der Waals surface area (Å²) >= 11 is 7.11. The van der Waals surface area contributed by atoms with Crippen LogP contribution in [-0.2, 0) is 31.1 Å². The van der Waals surface area contributed by atoms with Gasteiger partial charge >= 0.3 is 13.4 Å². The highest BCUT2D eigenvalue weighted by atomic mass is 35.5. The zero-order valence-corrected chi connectivity index (χ0v) is 33.7. The predicted octanol–water partition coefficient (Wildman–Crippen LogP) is 7.06. The summed E-state index contributed by atoms with van der Waals surface area (Å²) in [5.41, 5.74) is 5.87. The Morgan fingerprint density at radius 1 is 0.836 bits per heavy atom. The first-order valence-electron chi connectivity index (χ1n) is 18.2. The van der Waals surface area contributed by atoms with Crippen LogP contribution in [0.15, 0.2) is 82.6 Å². The molecule has 0 bridgehead atoms. The number of hydrogen-bond acceptors (Lipinski definition) is 9. The van der Waals surface area contributed by atoms with E-state index in [0.29, 0.717) is 43.8 Å². The van der Waals surface area contributed by atoms with Crippen molar-refractivity contribution in [2.24, 2.45) is 0 Å². The first-order valence-corrected chi connectivity index (χ1v) is 21.7. The lowest BCUT2D eigenvalue weighted by Crippen LogP contribution is -2.28. The van der Waals surface area contributed by atoms with Gasteiger partial charge in [-0.25, -0.2) is 26.4 Å². The molecule has 5 rings (SSSR count). The minimum absolute atomic E-state index is 0. The second kappa shape index (κ2) is 16.2. The quantitative estimate of drug-likeness (QED) is 0.106. The Labute approximate surface area is 329 Å². The number of halogens is 1. The van der Waals surface area contributed by atoms with Gasteiger partial charge in [-0.1, -0.05) is 37.6 Å². The zero-order chi connectivity index (χ0) is 40.5. The Morgan fingerprint density at radius 3 is 2.05 bits per heavy atom. The number of hydrogen-bond donors (Lipinski definition) is 2. The van der Waals surface area contributed by atoms with Crippen LogP contribution in [0.2, 0.25) is 0 Å². The van der Waals surface area contributed by atoms with Crippen LogP contribution in [-0.4, -0.2) is 83.0 Å². The molecule has 0 amide bonds. The largest absolute Gasteiger partial charge is 1.00 e. The first-order chi connectivity index (χ1) is 25.6. The van der Waals surface area contributed by atoms with Crippen LogP contribution in [0.1, 0.15) is 106 Å². The van der Waals surface area contributed by atoms with Crippen molar-refractivity contribution in [1.82, 2.24) is 0 Å². The summed E-state index contributed by atoms with van der Waals surface area (Å²) in [7, 11) is -8.71. The van der Waals surface area contributed by atoms with Crippen LogP contribution >= 0.6 is 11.6 Å². The van der Waals surface area contributed by atoms with E-state index in [4.69, 9.17) is 11.6 Å². The van der Waals surface area contributed by atoms with Gasteiger partial charge in [-0.3, -0.25) is 0 Å². The number of allylic oxidation sites excluding steroid dienone is 8. The van der Waals surface area contributed by atoms with Gasteiger partial charge in [-0.15, -0.1) is 0 Å². The van der Waals surface area contributed by atoms with Gasteiger partial charge in [-0.2, -0.15) is 4.58 Å². The molecule has 55 heavy (non-hydrogen) atoms. The normalized spacial score (nSPS) is 19.5. The highest BCUT2D eigenvalue weighted by Crippen LogP contribution is 2.49. The summed E-state index contributed by atoms with van der Waals surface area (Å²) in [6, 6.07) is 9.92. The standard InChI is InChI=1S/C40H47ClN2O10S2/c1-39(2)30-24-28(37(44)45)12-16-32(30)42(20-5-7-22-54(48,49)50)34(39)18-14-26-10-9-11-27(36(26)41)15-19-35-40(3,4)31-25-29(38(46)47)13-17-33(31)43(35)21-6-8-23-55(51,52)53/h12-19,24-25H,5-11,20-23H2,1-4H3,(H3-,44,45,46,47,48,49,50,51,52,53). The number of benzene rings is 2. The van der Waals surface area contributed by atoms with Gasteiger partial charge in [0.15, 0.2) is 5.71 Å². The maximum atomic E-state index is 11.9. The summed E-state index contributed by atoms with van der Waals surface area (Å²) in [6.45, 7) is 8.83. The van der Waals surface area contributed by atoms with Crippen LogP contribution in [0.4, 0.5) is 11.4 Å². The fraction of sp³-hybridized carbons (Fsp3) is 0.425. The lowest BCUT2D eigenvalue weighted by molar-refractivity contribution is -0.438. The number of rotatable bonds is 15. The number of carboxylic acids is 2. The summed E-state index contributed by atoms with van der Waals surface area (Å²) in [4.78, 5) is 25.7. The molecular weight excluding hydrogens is 768 g/mol. The molecule has 0 radical (unpaired) electrons. The topological polar surface area (TPSA) is 195 Å². The molecule has 0 spiro atoms. The van der Waals surface area contributed by atoms with Crippen molar-refractivity contribution in [3.05, 3.63) is 105 Å². The van der Waals surface area contributed by atoms with Crippen LogP contribution < -0.4 is 4.90 Å². The Balaban J connectivity index is 0.00000696. The van der Waals surface area contributed by atoms with Gasteiger partial charge in [0.05, 0.1) is 36.8 Å². The second-order valence-corrected chi connectivity index (χ2v) is 18.6. The molecule has 0 saturated heterocycles. The van der Waals surface area contributed by atoms with Crippen molar-refractivity contribution in [1.29, 1.82) is 0 Å². The van der Waals surface area contributed by atoms with E-state index in [1.165, 1.54) is 0 Å². The molecule has 12 nitrogen and oxygen atoms in total. The maximum Gasteiger partial charge on any atom is 1.00 e. The number of carboxylic acid groups (broad SMARTS) is 2. The average Bonchev–Trinajstić information content (AvgIpc) is 3.43. The molecule has 0 unspecified atom stereocenters. The molecule has 2 aromatic rings. The molecule has 1 aliphatic carbocycles. The maximum absolute atomic E-state index is 11.9. The van der Waals surface area contributed by atoms with Gasteiger partial charge < -0.3 is 24.2 Å². The lowest BCUT2D eigenvalue weighted by atomic mass is 9.80. The fourth-order valence-electron chi connectivity index (χ4n) is 7.76. The van der Waals surface area contributed by atoms with E-state index >= 15 is 0 Å². The van der Waals surface area contributed by atoms with Crippen molar-refractivity contribution >= 4 is 60.9 Å². The van der Waals surface area contributed by atoms with E-state index in [-0.39, 0.29) is 25.4 Å². The summed E-state index contributed by atoms with van der Waals surface area (Å²) < 4.78 is 69.6. The smallest absolute Gasteiger partial charge is 0.748 e. The third-order valence-corrected chi connectivity index (χ3v) is 12.7. The summed E-state index contributed by atoms with van der Waals surface area (Å²) in [5, 5.41) is 20.0. The molecular formula is C40H47ClN2O10S2. The molecule has 0 atom stereocenters. The molecule has 0 saturated carbocycles. The molecule has 3 aliphatic rings. The molecule has 296 valence electrons. The third kappa shape index (κ3) is 9.49. The van der Waals surface area contributed by atoms with Gasteiger partial charge in [0.25, 0.3) is 0 Å². The third-order valence-electron chi connectivity index (χ3n) is 10.7. The minimum atomic E-state index is -4.36. The number of carbonyl (C=O) groups is 2. The number of nitrogens with zero attached hydrogens (tertiary/aromatic N) is 2. The molecule has 2 aliphatic heterocycles. The molecule has 15 heteroatoms. The Morgan fingerprint density at radius 2 is 1.44 bits per heavy atom. The van der Waals surface area contributed by atoms with Gasteiger partial charge in [0.2, 0.25) is 5.69 Å². The molecule has 0 aromatic heterocycles. The van der Waals surface area contributed by atoms with Gasteiger partial charge in [-0.05, 0) is 105 Å². The monoisotopic (exact) mass is 814 g/mol.